The number of halogens is 3. The number of nitrogens with one attached hydrogen (secondary N) is 2. The maximum Gasteiger partial charge on any atom is 0.417 e. The van der Waals surface area contributed by atoms with Crippen molar-refractivity contribution in [2.24, 2.45) is 5.92 Å². The predicted molar refractivity (Wildman–Crippen MR) is 66.9 cm³/mol. The molecule has 0 saturated carbocycles. The monoisotopic (exact) mass is 274 g/mol. The number of hydrogen-bond acceptors (Lipinski definition) is 2. The van der Waals surface area contributed by atoms with E-state index in [0.717, 1.165) is 6.07 Å². The molecule has 106 valence electrons. The lowest BCUT2D eigenvalue weighted by Gasteiger charge is -2.15. The van der Waals surface area contributed by atoms with Crippen LogP contribution in [0.4, 0.5) is 13.2 Å². The molecule has 3 nitrogen and oxygen atoms in total. The lowest BCUT2D eigenvalue weighted by atomic mass is 10.1. The largest absolute Gasteiger partial charge is 0.417 e. The molecule has 2 N–H and O–H groups in total. The fourth-order valence-electron chi connectivity index (χ4n) is 1.71. The third-order valence-electron chi connectivity index (χ3n) is 2.64. The summed E-state index contributed by atoms with van der Waals surface area (Å²) in [5, 5.41) is 5.45. The van der Waals surface area contributed by atoms with Crippen molar-refractivity contribution in [3.8, 4) is 0 Å². The molecule has 1 rings (SSSR count). The van der Waals surface area contributed by atoms with E-state index in [-0.39, 0.29) is 11.5 Å². The predicted octanol–water partition coefficient (Wildman–Crippen LogP) is 2.29. The topological polar surface area (TPSA) is 41.1 Å². The molecule has 0 saturated heterocycles. The van der Waals surface area contributed by atoms with Gasteiger partial charge in [0.2, 0.25) is 0 Å². The highest BCUT2D eigenvalue weighted by molar-refractivity contribution is 5.95. The molecule has 0 spiro atoms. The Morgan fingerprint density at radius 3 is 2.47 bits per heavy atom. The van der Waals surface area contributed by atoms with Crippen LogP contribution in [-0.4, -0.2) is 26.0 Å². The minimum absolute atomic E-state index is 0.145. The van der Waals surface area contributed by atoms with Gasteiger partial charge in [0.15, 0.2) is 0 Å². The van der Waals surface area contributed by atoms with Gasteiger partial charge in [0.1, 0.15) is 0 Å². The molecule has 0 fully saturated rings. The molecule has 6 heteroatoms. The lowest BCUT2D eigenvalue weighted by molar-refractivity contribution is -0.137. The molecule has 0 radical (unpaired) electrons. The molecule has 0 aliphatic heterocycles. The molecule has 19 heavy (non-hydrogen) atoms. The minimum Gasteiger partial charge on any atom is -0.352 e. The summed E-state index contributed by atoms with van der Waals surface area (Å²) in [6.45, 7) is 2.90. The van der Waals surface area contributed by atoms with Crippen molar-refractivity contribution in [1.29, 1.82) is 0 Å². The van der Waals surface area contributed by atoms with Crippen molar-refractivity contribution >= 4 is 5.91 Å². The fourth-order valence-corrected chi connectivity index (χ4v) is 1.71. The Morgan fingerprint density at radius 1 is 1.26 bits per heavy atom. The molecule has 1 aromatic carbocycles. The quantitative estimate of drug-likeness (QED) is 0.865. The van der Waals surface area contributed by atoms with Gasteiger partial charge in [0, 0.05) is 6.54 Å². The average Bonchev–Trinajstić information content (AvgIpc) is 2.35. The van der Waals surface area contributed by atoms with Crippen LogP contribution < -0.4 is 10.6 Å². The third kappa shape index (κ3) is 4.55. The number of alkyl halides is 3. The second-order valence-electron chi connectivity index (χ2n) is 4.42. The van der Waals surface area contributed by atoms with Gasteiger partial charge in [-0.2, -0.15) is 13.2 Å². The normalized spacial score (nSPS) is 13.1. The molecule has 0 aromatic heterocycles. The molecule has 1 unspecified atom stereocenters. The number of amides is 1. The first-order valence-corrected chi connectivity index (χ1v) is 5.95. The zero-order valence-corrected chi connectivity index (χ0v) is 10.8. The summed E-state index contributed by atoms with van der Waals surface area (Å²) in [6, 6.07) is 4.78. The van der Waals surface area contributed by atoms with E-state index >= 15 is 0 Å². The molecule has 0 aliphatic rings. The highest BCUT2D eigenvalue weighted by Gasteiger charge is 2.34. The fraction of sp³-hybridized carbons (Fsp3) is 0.462. The summed E-state index contributed by atoms with van der Waals surface area (Å²) < 4.78 is 38.2. The molecule has 1 aromatic rings. The van der Waals surface area contributed by atoms with Crippen LogP contribution in [0.3, 0.4) is 0 Å². The van der Waals surface area contributed by atoms with Crippen molar-refractivity contribution in [3.05, 3.63) is 35.4 Å². The van der Waals surface area contributed by atoms with Crippen LogP contribution >= 0.6 is 0 Å². The van der Waals surface area contributed by atoms with Crippen LogP contribution in [-0.2, 0) is 6.18 Å². The SMILES string of the molecule is CNCC(C)CNC(=O)c1ccccc1C(F)(F)F. The number of carbonyl (C=O) groups excluding carboxylic acids is 1. The minimum atomic E-state index is -4.52. The summed E-state index contributed by atoms with van der Waals surface area (Å²) in [6.07, 6.45) is -4.52. The van der Waals surface area contributed by atoms with Gasteiger partial charge >= 0.3 is 6.18 Å². The Labute approximate surface area is 110 Å². The van der Waals surface area contributed by atoms with E-state index in [4.69, 9.17) is 0 Å². The van der Waals surface area contributed by atoms with Crippen molar-refractivity contribution in [2.45, 2.75) is 13.1 Å². The van der Waals surface area contributed by atoms with Gasteiger partial charge in [-0.05, 0) is 31.6 Å². The van der Waals surface area contributed by atoms with E-state index < -0.39 is 17.6 Å². The Kier molecular flexibility index (Phi) is 5.35. The zero-order valence-electron chi connectivity index (χ0n) is 10.8. The average molecular weight is 274 g/mol. The zero-order chi connectivity index (χ0) is 14.5. The Bertz CT molecular complexity index is 432. The van der Waals surface area contributed by atoms with Crippen molar-refractivity contribution in [1.82, 2.24) is 10.6 Å². The van der Waals surface area contributed by atoms with Gasteiger partial charge in [-0.3, -0.25) is 4.79 Å². The summed E-state index contributed by atoms with van der Waals surface area (Å²) in [7, 11) is 1.78. The number of rotatable bonds is 5. The van der Waals surface area contributed by atoms with Gasteiger partial charge in [-0.1, -0.05) is 19.1 Å². The standard InChI is InChI=1S/C13H17F3N2O/c1-9(7-17-2)8-18-12(19)10-5-3-4-6-11(10)13(14,15)16/h3-6,9,17H,7-8H2,1-2H3,(H,18,19). The van der Waals surface area contributed by atoms with Gasteiger partial charge in [0.25, 0.3) is 5.91 Å². The van der Waals surface area contributed by atoms with E-state index in [1.165, 1.54) is 18.2 Å². The molecule has 1 atom stereocenters. The van der Waals surface area contributed by atoms with E-state index in [1.54, 1.807) is 7.05 Å². The van der Waals surface area contributed by atoms with Crippen LogP contribution in [0.25, 0.3) is 0 Å². The van der Waals surface area contributed by atoms with E-state index in [0.29, 0.717) is 13.1 Å². The molecular formula is C13H17F3N2O. The first-order valence-electron chi connectivity index (χ1n) is 5.95. The Morgan fingerprint density at radius 2 is 1.89 bits per heavy atom. The van der Waals surface area contributed by atoms with Crippen molar-refractivity contribution in [2.75, 3.05) is 20.1 Å². The van der Waals surface area contributed by atoms with Gasteiger partial charge in [-0.15, -0.1) is 0 Å². The Hall–Kier alpha value is -1.56. The third-order valence-corrected chi connectivity index (χ3v) is 2.64. The van der Waals surface area contributed by atoms with Crippen LogP contribution in [0.1, 0.15) is 22.8 Å². The van der Waals surface area contributed by atoms with Gasteiger partial charge in [-0.25, -0.2) is 0 Å². The van der Waals surface area contributed by atoms with Crippen LogP contribution in [0.5, 0.6) is 0 Å². The molecule has 0 aliphatic carbocycles. The first kappa shape index (κ1) is 15.5. The van der Waals surface area contributed by atoms with E-state index in [9.17, 15) is 18.0 Å². The Balaban J connectivity index is 2.78. The van der Waals surface area contributed by atoms with Crippen LogP contribution in [0, 0.1) is 5.92 Å². The maximum atomic E-state index is 12.7. The summed E-state index contributed by atoms with van der Waals surface area (Å²) in [5.41, 5.74) is -1.25. The molecular weight excluding hydrogens is 257 g/mol. The highest BCUT2D eigenvalue weighted by atomic mass is 19.4. The van der Waals surface area contributed by atoms with Crippen molar-refractivity contribution in [3.63, 3.8) is 0 Å². The van der Waals surface area contributed by atoms with Crippen LogP contribution in [0.15, 0.2) is 24.3 Å². The van der Waals surface area contributed by atoms with E-state index in [2.05, 4.69) is 10.6 Å². The summed E-state index contributed by atoms with van der Waals surface area (Å²) in [5.74, 6) is -0.553. The second-order valence-corrected chi connectivity index (χ2v) is 4.42. The van der Waals surface area contributed by atoms with Gasteiger partial charge < -0.3 is 10.6 Å². The lowest BCUT2D eigenvalue weighted by Crippen LogP contribution is -2.33. The molecule has 0 bridgehead atoms. The van der Waals surface area contributed by atoms with Crippen LogP contribution in [0.2, 0.25) is 0 Å². The summed E-state index contributed by atoms with van der Waals surface area (Å²) >= 11 is 0. The van der Waals surface area contributed by atoms with Crippen molar-refractivity contribution < 1.29 is 18.0 Å². The number of hydrogen-bond donors (Lipinski definition) is 2. The van der Waals surface area contributed by atoms with Gasteiger partial charge in [0.05, 0.1) is 11.1 Å². The van der Waals surface area contributed by atoms with E-state index in [1.807, 2.05) is 6.92 Å². The number of benzene rings is 1. The second kappa shape index (κ2) is 6.56. The first-order chi connectivity index (χ1) is 8.86. The molecule has 1 amide bonds. The molecule has 0 heterocycles. The number of carbonyl (C=O) groups is 1. The highest BCUT2D eigenvalue weighted by Crippen LogP contribution is 2.31. The smallest absolute Gasteiger partial charge is 0.352 e. The maximum absolute atomic E-state index is 12.7. The summed E-state index contributed by atoms with van der Waals surface area (Å²) in [4.78, 5) is 11.8.